The first kappa shape index (κ1) is 20.8. The van der Waals surface area contributed by atoms with Crippen LogP contribution in [-0.4, -0.2) is 41.3 Å². The van der Waals surface area contributed by atoms with E-state index in [0.29, 0.717) is 32.5 Å². The van der Waals surface area contributed by atoms with E-state index in [9.17, 15) is 9.59 Å². The molecule has 158 valence electrons. The second kappa shape index (κ2) is 9.13. The smallest absolute Gasteiger partial charge is 0.254 e. The summed E-state index contributed by atoms with van der Waals surface area (Å²) in [6.45, 7) is 7.51. The molecule has 0 radical (unpaired) electrons. The van der Waals surface area contributed by atoms with Crippen molar-refractivity contribution < 1.29 is 9.59 Å². The normalized spacial score (nSPS) is 16.8. The van der Waals surface area contributed by atoms with E-state index in [1.165, 1.54) is 23.4 Å². The number of rotatable bonds is 5. The van der Waals surface area contributed by atoms with Gasteiger partial charge in [-0.05, 0) is 57.1 Å². The van der Waals surface area contributed by atoms with Gasteiger partial charge in [-0.3, -0.25) is 14.5 Å². The van der Waals surface area contributed by atoms with Crippen LogP contribution >= 0.6 is 11.3 Å². The molecule has 6 heteroatoms. The average Bonchev–Trinajstić information content (AvgIpc) is 3.21. The van der Waals surface area contributed by atoms with Crippen molar-refractivity contribution in [1.82, 2.24) is 9.88 Å². The van der Waals surface area contributed by atoms with Crippen molar-refractivity contribution in [3.8, 4) is 0 Å². The molecule has 1 aliphatic carbocycles. The Morgan fingerprint density at radius 2 is 1.97 bits per heavy atom. The number of piperidine rings is 1. The van der Waals surface area contributed by atoms with E-state index in [1.54, 1.807) is 22.3 Å². The van der Waals surface area contributed by atoms with E-state index in [1.807, 2.05) is 36.1 Å². The third kappa shape index (κ3) is 4.19. The highest BCUT2D eigenvalue weighted by Gasteiger charge is 2.32. The van der Waals surface area contributed by atoms with Gasteiger partial charge < -0.3 is 4.90 Å². The maximum atomic E-state index is 13.3. The molecule has 1 aliphatic heterocycles. The quantitative estimate of drug-likeness (QED) is 0.670. The largest absolute Gasteiger partial charge is 0.339 e. The zero-order valence-corrected chi connectivity index (χ0v) is 18.4. The summed E-state index contributed by atoms with van der Waals surface area (Å²) in [5.41, 5.74) is 2.91. The van der Waals surface area contributed by atoms with E-state index < -0.39 is 0 Å². The summed E-state index contributed by atoms with van der Waals surface area (Å²) in [5.74, 6) is 0.102. The number of hydrogen-bond donors (Lipinski definition) is 0. The van der Waals surface area contributed by atoms with Crippen LogP contribution in [0.4, 0.5) is 5.13 Å². The molecule has 2 amide bonds. The topological polar surface area (TPSA) is 53.5 Å². The Labute approximate surface area is 182 Å². The minimum absolute atomic E-state index is 0.0644. The Morgan fingerprint density at radius 1 is 1.23 bits per heavy atom. The zero-order chi connectivity index (χ0) is 21.1. The molecule has 2 heterocycles. The molecule has 5 nitrogen and oxygen atoms in total. The molecule has 0 saturated carbocycles. The molecular weight excluding hydrogens is 394 g/mol. The second-order valence-electron chi connectivity index (χ2n) is 8.19. The van der Waals surface area contributed by atoms with E-state index in [0.717, 1.165) is 29.1 Å². The van der Waals surface area contributed by atoms with Crippen LogP contribution in [0.25, 0.3) is 0 Å². The summed E-state index contributed by atoms with van der Waals surface area (Å²) in [6.07, 6.45) is 7.62. The van der Waals surface area contributed by atoms with Crippen LogP contribution in [-0.2, 0) is 17.6 Å². The molecule has 0 unspecified atom stereocenters. The summed E-state index contributed by atoms with van der Waals surface area (Å²) in [5, 5.41) is 0.810. The first-order chi connectivity index (χ1) is 14.6. The zero-order valence-electron chi connectivity index (χ0n) is 17.6. The second-order valence-corrected chi connectivity index (χ2v) is 9.25. The van der Waals surface area contributed by atoms with Gasteiger partial charge >= 0.3 is 0 Å². The number of carbonyl (C=O) groups is 2. The van der Waals surface area contributed by atoms with Crippen molar-refractivity contribution in [1.29, 1.82) is 0 Å². The lowest BCUT2D eigenvalue weighted by Gasteiger charge is -2.33. The summed E-state index contributed by atoms with van der Waals surface area (Å²) in [6, 6.07) is 7.69. The summed E-state index contributed by atoms with van der Waals surface area (Å²) < 4.78 is 0. The molecule has 4 rings (SSSR count). The maximum Gasteiger partial charge on any atom is 0.254 e. The van der Waals surface area contributed by atoms with Gasteiger partial charge in [0.1, 0.15) is 0 Å². The van der Waals surface area contributed by atoms with Gasteiger partial charge in [0.05, 0.1) is 5.69 Å². The van der Waals surface area contributed by atoms with Crippen molar-refractivity contribution in [2.24, 2.45) is 5.92 Å². The van der Waals surface area contributed by atoms with E-state index >= 15 is 0 Å². The van der Waals surface area contributed by atoms with Gasteiger partial charge in [-0.15, -0.1) is 17.9 Å². The Morgan fingerprint density at radius 3 is 2.67 bits per heavy atom. The predicted octanol–water partition coefficient (Wildman–Crippen LogP) is 4.40. The van der Waals surface area contributed by atoms with E-state index in [-0.39, 0.29) is 17.7 Å². The fourth-order valence-corrected chi connectivity index (χ4v) is 5.54. The Hall–Kier alpha value is -2.47. The molecular formula is C24H29N3O2S. The van der Waals surface area contributed by atoms with Gasteiger partial charge in [0.25, 0.3) is 5.91 Å². The lowest BCUT2D eigenvalue weighted by molar-refractivity contribution is -0.123. The maximum absolute atomic E-state index is 13.3. The number of hydrogen-bond acceptors (Lipinski definition) is 4. The van der Waals surface area contributed by atoms with E-state index in [2.05, 4.69) is 6.58 Å². The number of anilines is 1. The Kier molecular flexibility index (Phi) is 6.32. The number of aromatic nitrogens is 1. The molecule has 1 saturated heterocycles. The van der Waals surface area contributed by atoms with Crippen LogP contribution in [0.1, 0.15) is 52.2 Å². The van der Waals surface area contributed by atoms with Gasteiger partial charge in [0, 0.05) is 36.0 Å². The van der Waals surface area contributed by atoms with Crippen molar-refractivity contribution in [3.63, 3.8) is 0 Å². The van der Waals surface area contributed by atoms with Crippen molar-refractivity contribution in [2.75, 3.05) is 24.5 Å². The lowest BCUT2D eigenvalue weighted by atomic mass is 9.94. The molecule has 2 aromatic rings. The lowest BCUT2D eigenvalue weighted by Crippen LogP contribution is -2.44. The third-order valence-corrected chi connectivity index (χ3v) is 7.33. The minimum Gasteiger partial charge on any atom is -0.339 e. The van der Waals surface area contributed by atoms with Crippen molar-refractivity contribution in [2.45, 2.75) is 45.4 Å². The summed E-state index contributed by atoms with van der Waals surface area (Å²) >= 11 is 1.66. The summed E-state index contributed by atoms with van der Waals surface area (Å²) in [4.78, 5) is 36.0. The fourth-order valence-electron chi connectivity index (χ4n) is 4.38. The first-order valence-electron chi connectivity index (χ1n) is 10.8. The highest BCUT2D eigenvalue weighted by molar-refractivity contribution is 7.16. The molecule has 0 atom stereocenters. The molecule has 0 N–H and O–H groups in total. The molecule has 0 spiro atoms. The Bertz CT molecular complexity index is 920. The molecule has 1 fully saturated rings. The molecule has 0 bridgehead atoms. The van der Waals surface area contributed by atoms with E-state index in [4.69, 9.17) is 4.98 Å². The molecule has 30 heavy (non-hydrogen) atoms. The molecule has 1 aromatic carbocycles. The molecule has 1 aromatic heterocycles. The van der Waals surface area contributed by atoms with Crippen molar-refractivity contribution >= 4 is 28.3 Å². The SMILES string of the molecule is C=CCN(C(=O)C1CCN(C(=O)c2ccccc2C)CC1)c1nc2c(s1)CCCC2. The minimum atomic E-state index is -0.0770. The Balaban J connectivity index is 1.43. The number of nitrogens with zero attached hydrogens (tertiary/aromatic N) is 3. The predicted molar refractivity (Wildman–Crippen MR) is 121 cm³/mol. The average molecular weight is 424 g/mol. The number of fused-ring (bicyclic) bond motifs is 1. The number of likely N-dealkylation sites (tertiary alicyclic amines) is 1. The van der Waals surface area contributed by atoms with Gasteiger partial charge in [0.15, 0.2) is 5.13 Å². The van der Waals surface area contributed by atoms with Crippen LogP contribution < -0.4 is 4.90 Å². The monoisotopic (exact) mass is 423 g/mol. The number of thiazole rings is 1. The highest BCUT2D eigenvalue weighted by Crippen LogP contribution is 2.33. The van der Waals surface area contributed by atoms with Crippen LogP contribution in [0.5, 0.6) is 0 Å². The number of benzene rings is 1. The van der Waals surface area contributed by atoms with Crippen LogP contribution in [0, 0.1) is 12.8 Å². The van der Waals surface area contributed by atoms with Crippen molar-refractivity contribution in [3.05, 3.63) is 58.6 Å². The first-order valence-corrected chi connectivity index (χ1v) is 11.7. The number of carbonyl (C=O) groups excluding carboxylic acids is 2. The van der Waals surface area contributed by atoms with Gasteiger partial charge in [-0.2, -0.15) is 0 Å². The van der Waals surface area contributed by atoms with Crippen LogP contribution in [0.15, 0.2) is 36.9 Å². The van der Waals surface area contributed by atoms with Gasteiger partial charge in [-0.1, -0.05) is 24.3 Å². The highest BCUT2D eigenvalue weighted by atomic mass is 32.1. The van der Waals surface area contributed by atoms with Gasteiger partial charge in [-0.25, -0.2) is 4.98 Å². The number of amides is 2. The molecule has 2 aliphatic rings. The van der Waals surface area contributed by atoms with Crippen LogP contribution in [0.3, 0.4) is 0 Å². The fraction of sp³-hybridized carbons (Fsp3) is 0.458. The number of aryl methyl sites for hydroxylation is 3. The van der Waals surface area contributed by atoms with Crippen LogP contribution in [0.2, 0.25) is 0 Å². The summed E-state index contributed by atoms with van der Waals surface area (Å²) in [7, 11) is 0. The third-order valence-electron chi connectivity index (χ3n) is 6.15. The van der Waals surface area contributed by atoms with Gasteiger partial charge in [0.2, 0.25) is 5.91 Å². The standard InChI is InChI=1S/C24H29N3O2S/c1-3-14-27(24-25-20-10-6-7-11-21(20)30-24)22(28)18-12-15-26(16-13-18)23(29)19-9-5-4-8-17(19)2/h3-5,8-9,18H,1,6-7,10-16H2,2H3.